The molecule has 1 aromatic heterocycles. The van der Waals surface area contributed by atoms with Crippen molar-refractivity contribution >= 4 is 53.0 Å². The molecule has 0 spiro atoms. The third kappa shape index (κ3) is 8.16. The van der Waals surface area contributed by atoms with Crippen molar-refractivity contribution in [3.05, 3.63) is 35.0 Å². The van der Waals surface area contributed by atoms with Crippen LogP contribution in [0.15, 0.2) is 34.5 Å². The number of nitrogens with one attached hydrogen (secondary N) is 2. The Bertz CT molecular complexity index is 380. The van der Waals surface area contributed by atoms with E-state index in [0.29, 0.717) is 5.92 Å². The topological polar surface area (TPSA) is 36.4 Å². The number of nitrogens with zero attached hydrogens (tertiary/aromatic N) is 1. The van der Waals surface area contributed by atoms with E-state index >= 15 is 0 Å². The lowest BCUT2D eigenvalue weighted by molar-refractivity contribution is 0.705. The molecule has 0 bridgehead atoms. The van der Waals surface area contributed by atoms with Crippen molar-refractivity contribution in [3.8, 4) is 0 Å². The van der Waals surface area contributed by atoms with E-state index in [9.17, 15) is 0 Å². The highest BCUT2D eigenvalue weighted by molar-refractivity contribution is 14.0. The van der Waals surface area contributed by atoms with Gasteiger partial charge in [-0.25, -0.2) is 0 Å². The largest absolute Gasteiger partial charge is 0.356 e. The second-order valence-electron chi connectivity index (χ2n) is 4.20. The molecule has 0 amide bonds. The van der Waals surface area contributed by atoms with E-state index in [4.69, 9.17) is 0 Å². The zero-order valence-electron chi connectivity index (χ0n) is 12.1. The van der Waals surface area contributed by atoms with Gasteiger partial charge in [0.05, 0.1) is 0 Å². The van der Waals surface area contributed by atoms with Crippen LogP contribution >= 0.6 is 47.1 Å². The molecule has 0 radical (unpaired) electrons. The summed E-state index contributed by atoms with van der Waals surface area (Å²) in [5, 5.41) is 11.0. The smallest absolute Gasteiger partial charge is 0.191 e. The van der Waals surface area contributed by atoms with Gasteiger partial charge in [0.15, 0.2) is 5.96 Å². The second-order valence-corrected chi connectivity index (χ2v) is 6.13. The minimum atomic E-state index is 0. The van der Waals surface area contributed by atoms with Gasteiger partial charge in [0.25, 0.3) is 0 Å². The highest BCUT2D eigenvalue weighted by Crippen LogP contribution is 2.16. The maximum atomic E-state index is 4.23. The van der Waals surface area contributed by atoms with Crippen LogP contribution in [0.4, 0.5) is 0 Å². The minimum absolute atomic E-state index is 0. The lowest BCUT2D eigenvalue weighted by atomic mass is 10.1. The highest BCUT2D eigenvalue weighted by atomic mass is 127. The molecule has 6 heteroatoms. The number of rotatable bonds is 8. The molecule has 1 rings (SSSR count). The van der Waals surface area contributed by atoms with E-state index < -0.39 is 0 Å². The van der Waals surface area contributed by atoms with Gasteiger partial charge in [-0.05, 0) is 28.3 Å². The number of hydrogen-bond donors (Lipinski definition) is 2. The lowest BCUT2D eigenvalue weighted by Gasteiger charge is -2.15. The van der Waals surface area contributed by atoms with Crippen molar-refractivity contribution in [1.29, 1.82) is 0 Å². The molecule has 1 heterocycles. The number of aliphatic imine (C=N–C) groups is 1. The second kappa shape index (κ2) is 12.5. The Kier molecular flexibility index (Phi) is 12.4. The molecule has 3 nitrogen and oxygen atoms in total. The van der Waals surface area contributed by atoms with Gasteiger partial charge in [-0.15, -0.1) is 30.6 Å². The summed E-state index contributed by atoms with van der Waals surface area (Å²) >= 11 is 3.61. The van der Waals surface area contributed by atoms with Gasteiger partial charge in [0.1, 0.15) is 0 Å². The SMILES string of the molecule is C=CCSCCNC(=NC)NCC(C)c1ccsc1.I. The molecule has 1 aromatic rings. The number of halogens is 1. The Labute approximate surface area is 147 Å². The van der Waals surface area contributed by atoms with E-state index in [-0.39, 0.29) is 24.0 Å². The molecule has 1 atom stereocenters. The van der Waals surface area contributed by atoms with Crippen molar-refractivity contribution in [1.82, 2.24) is 10.6 Å². The van der Waals surface area contributed by atoms with Gasteiger partial charge in [-0.2, -0.15) is 23.1 Å². The first-order chi connectivity index (χ1) is 9.27. The molecule has 0 aliphatic carbocycles. The zero-order valence-corrected chi connectivity index (χ0v) is 16.1. The molecule has 2 N–H and O–H groups in total. The van der Waals surface area contributed by atoms with E-state index in [1.165, 1.54) is 5.56 Å². The number of thioether (sulfide) groups is 1. The van der Waals surface area contributed by atoms with Crippen LogP contribution in [-0.4, -0.2) is 37.6 Å². The standard InChI is InChI=1S/C14H23N3S2.HI/c1-4-7-18-9-6-16-14(15-3)17-10-12(2)13-5-8-19-11-13;/h4-5,8,11-12H,1,6-7,9-10H2,2-3H3,(H2,15,16,17);1H. The van der Waals surface area contributed by atoms with Crippen LogP contribution in [0.3, 0.4) is 0 Å². The fourth-order valence-corrected chi connectivity index (χ4v) is 2.91. The van der Waals surface area contributed by atoms with Crippen LogP contribution in [-0.2, 0) is 0 Å². The average Bonchev–Trinajstić information content (AvgIpc) is 2.95. The predicted octanol–water partition coefficient (Wildman–Crippen LogP) is 3.55. The molecule has 0 saturated heterocycles. The minimum Gasteiger partial charge on any atom is -0.356 e. The van der Waals surface area contributed by atoms with E-state index in [1.54, 1.807) is 11.3 Å². The van der Waals surface area contributed by atoms with Crippen LogP contribution in [0.2, 0.25) is 0 Å². The Morgan fingerprint density at radius 3 is 2.95 bits per heavy atom. The van der Waals surface area contributed by atoms with Crippen LogP contribution in [0.5, 0.6) is 0 Å². The first kappa shape index (κ1) is 19.8. The van der Waals surface area contributed by atoms with Crippen LogP contribution < -0.4 is 10.6 Å². The Morgan fingerprint density at radius 1 is 1.55 bits per heavy atom. The molecule has 20 heavy (non-hydrogen) atoms. The molecule has 0 aliphatic rings. The van der Waals surface area contributed by atoms with Crippen molar-refractivity contribution in [3.63, 3.8) is 0 Å². The summed E-state index contributed by atoms with van der Waals surface area (Å²) in [6.45, 7) is 7.75. The number of guanidine groups is 1. The summed E-state index contributed by atoms with van der Waals surface area (Å²) < 4.78 is 0. The molecular weight excluding hydrogens is 401 g/mol. The number of thiophene rings is 1. The summed E-state index contributed by atoms with van der Waals surface area (Å²) in [5.41, 5.74) is 1.38. The van der Waals surface area contributed by atoms with E-state index in [1.807, 2.05) is 24.9 Å². The average molecular weight is 425 g/mol. The third-order valence-electron chi connectivity index (χ3n) is 2.69. The van der Waals surface area contributed by atoms with Gasteiger partial charge >= 0.3 is 0 Å². The third-order valence-corrected chi connectivity index (χ3v) is 4.35. The van der Waals surface area contributed by atoms with Crippen LogP contribution in [0, 0.1) is 0 Å². The van der Waals surface area contributed by atoms with Gasteiger partial charge in [-0.1, -0.05) is 13.0 Å². The van der Waals surface area contributed by atoms with E-state index in [0.717, 1.165) is 30.6 Å². The summed E-state index contributed by atoms with van der Waals surface area (Å²) in [4.78, 5) is 4.23. The summed E-state index contributed by atoms with van der Waals surface area (Å²) in [6, 6.07) is 2.18. The van der Waals surface area contributed by atoms with Gasteiger partial charge in [0.2, 0.25) is 0 Å². The molecule has 0 fully saturated rings. The predicted molar refractivity (Wildman–Crippen MR) is 105 cm³/mol. The fourth-order valence-electron chi connectivity index (χ4n) is 1.55. The normalized spacial score (nSPS) is 12.4. The lowest BCUT2D eigenvalue weighted by Crippen LogP contribution is -2.40. The number of hydrogen-bond acceptors (Lipinski definition) is 3. The van der Waals surface area contributed by atoms with E-state index in [2.05, 4.69) is 46.0 Å². The van der Waals surface area contributed by atoms with Gasteiger partial charge in [-0.3, -0.25) is 4.99 Å². The van der Waals surface area contributed by atoms with Crippen LogP contribution in [0.1, 0.15) is 18.4 Å². The summed E-state index contributed by atoms with van der Waals surface area (Å²) in [7, 11) is 1.81. The van der Waals surface area contributed by atoms with Gasteiger partial charge in [0, 0.05) is 31.6 Å². The Morgan fingerprint density at radius 2 is 2.35 bits per heavy atom. The fraction of sp³-hybridized carbons (Fsp3) is 0.500. The quantitative estimate of drug-likeness (QED) is 0.220. The summed E-state index contributed by atoms with van der Waals surface area (Å²) in [6.07, 6.45) is 1.93. The van der Waals surface area contributed by atoms with Gasteiger partial charge < -0.3 is 10.6 Å². The highest BCUT2D eigenvalue weighted by Gasteiger charge is 2.06. The maximum Gasteiger partial charge on any atom is 0.191 e. The Balaban J connectivity index is 0.00000361. The maximum absolute atomic E-state index is 4.23. The first-order valence-electron chi connectivity index (χ1n) is 6.43. The Hall–Kier alpha value is -0.210. The zero-order chi connectivity index (χ0) is 13.9. The van der Waals surface area contributed by atoms with Crippen molar-refractivity contribution < 1.29 is 0 Å². The van der Waals surface area contributed by atoms with Crippen LogP contribution in [0.25, 0.3) is 0 Å². The summed E-state index contributed by atoms with van der Waals surface area (Å²) in [5.74, 6) is 3.44. The molecule has 0 aromatic carbocycles. The first-order valence-corrected chi connectivity index (χ1v) is 8.53. The monoisotopic (exact) mass is 425 g/mol. The van der Waals surface area contributed by atoms with Crippen molar-refractivity contribution in [2.24, 2.45) is 4.99 Å². The molecule has 1 unspecified atom stereocenters. The van der Waals surface area contributed by atoms with Crippen molar-refractivity contribution in [2.75, 3.05) is 31.6 Å². The molecular formula is C14H24IN3S2. The molecule has 114 valence electrons. The molecule has 0 saturated carbocycles. The molecule has 0 aliphatic heterocycles. The van der Waals surface area contributed by atoms with Crippen molar-refractivity contribution in [2.45, 2.75) is 12.8 Å².